The lowest BCUT2D eigenvalue weighted by Crippen LogP contribution is -2.42. The van der Waals surface area contributed by atoms with Crippen LogP contribution in [0.4, 0.5) is 0 Å². The number of ketones is 1. The highest BCUT2D eigenvalue weighted by atomic mass is 35.5. The summed E-state index contributed by atoms with van der Waals surface area (Å²) < 4.78 is 0. The molecule has 152 valence electrons. The van der Waals surface area contributed by atoms with Gasteiger partial charge in [0.15, 0.2) is 0 Å². The first-order valence-corrected chi connectivity index (χ1v) is 10.2. The van der Waals surface area contributed by atoms with Crippen molar-refractivity contribution < 1.29 is 14.4 Å². The Morgan fingerprint density at radius 3 is 2.21 bits per heavy atom. The zero-order chi connectivity index (χ0) is 21.0. The Balaban J connectivity index is 1.77. The number of nitrogens with zero attached hydrogens (tertiary/aromatic N) is 1. The van der Waals surface area contributed by atoms with Crippen LogP contribution >= 0.6 is 23.2 Å². The van der Waals surface area contributed by atoms with Gasteiger partial charge in [-0.25, -0.2) is 0 Å². The molecule has 0 aromatic heterocycles. The summed E-state index contributed by atoms with van der Waals surface area (Å²) >= 11 is 11.9. The van der Waals surface area contributed by atoms with Gasteiger partial charge in [0.25, 0.3) is 0 Å². The third-order valence-corrected chi connectivity index (χ3v) is 5.48. The van der Waals surface area contributed by atoms with E-state index in [-0.39, 0.29) is 30.6 Å². The Morgan fingerprint density at radius 1 is 1.03 bits per heavy atom. The molecule has 2 atom stereocenters. The van der Waals surface area contributed by atoms with Gasteiger partial charge in [-0.1, -0.05) is 47.5 Å². The van der Waals surface area contributed by atoms with Gasteiger partial charge in [-0.15, -0.1) is 0 Å². The van der Waals surface area contributed by atoms with Gasteiger partial charge >= 0.3 is 0 Å². The molecule has 1 saturated heterocycles. The lowest BCUT2D eigenvalue weighted by Gasteiger charge is -2.27. The second-order valence-electron chi connectivity index (χ2n) is 7.25. The predicted molar refractivity (Wildman–Crippen MR) is 113 cm³/mol. The van der Waals surface area contributed by atoms with Crippen molar-refractivity contribution in [1.29, 1.82) is 0 Å². The smallest absolute Gasteiger partial charge is 0.229 e. The van der Waals surface area contributed by atoms with E-state index in [1.807, 2.05) is 24.3 Å². The van der Waals surface area contributed by atoms with Gasteiger partial charge in [0.05, 0.1) is 18.5 Å². The summed E-state index contributed by atoms with van der Waals surface area (Å²) in [7, 11) is 0. The Labute approximate surface area is 180 Å². The largest absolute Gasteiger partial charge is 0.348 e. The predicted octanol–water partition coefficient (Wildman–Crippen LogP) is 3.83. The topological polar surface area (TPSA) is 66.5 Å². The van der Waals surface area contributed by atoms with Crippen LogP contribution in [0, 0.1) is 5.92 Å². The molecule has 2 aromatic rings. The van der Waals surface area contributed by atoms with Crippen LogP contribution in [0.5, 0.6) is 0 Å². The van der Waals surface area contributed by atoms with Gasteiger partial charge in [-0.05, 0) is 48.7 Å². The summed E-state index contributed by atoms with van der Waals surface area (Å²) in [5, 5.41) is 4.11. The van der Waals surface area contributed by atoms with Gasteiger partial charge in [0.2, 0.25) is 11.8 Å². The minimum absolute atomic E-state index is 0.0183. The number of hydrogen-bond donors (Lipinski definition) is 1. The lowest BCUT2D eigenvalue weighted by molar-refractivity contribution is -0.139. The zero-order valence-electron chi connectivity index (χ0n) is 16.0. The molecule has 29 heavy (non-hydrogen) atoms. The van der Waals surface area contributed by atoms with Crippen molar-refractivity contribution in [3.63, 3.8) is 0 Å². The molecule has 2 amide bonds. The number of Topliss-reactive ketones (excluding diaryl/α,β-unsaturated/α-hetero) is 1. The number of benzene rings is 2. The van der Waals surface area contributed by atoms with Crippen LogP contribution in [-0.4, -0.2) is 35.6 Å². The molecule has 0 spiro atoms. The molecule has 1 aliphatic heterocycles. The van der Waals surface area contributed by atoms with Gasteiger partial charge in [0.1, 0.15) is 5.78 Å². The third kappa shape index (κ3) is 5.58. The maximum absolute atomic E-state index is 13.3. The first-order chi connectivity index (χ1) is 13.8. The van der Waals surface area contributed by atoms with Crippen molar-refractivity contribution in [3.05, 3.63) is 69.7 Å². The molecule has 5 nitrogen and oxygen atoms in total. The molecule has 1 fully saturated rings. The summed E-state index contributed by atoms with van der Waals surface area (Å²) in [6, 6.07) is 14.0. The maximum Gasteiger partial charge on any atom is 0.229 e. The molecule has 3 rings (SSSR count). The van der Waals surface area contributed by atoms with E-state index in [2.05, 4.69) is 5.32 Å². The average Bonchev–Trinajstić information content (AvgIpc) is 3.08. The highest BCUT2D eigenvalue weighted by Crippen LogP contribution is 2.32. The molecule has 1 unspecified atom stereocenters. The summed E-state index contributed by atoms with van der Waals surface area (Å²) in [5.74, 6) is -1.04. The van der Waals surface area contributed by atoms with Crippen molar-refractivity contribution >= 4 is 40.8 Å². The van der Waals surface area contributed by atoms with E-state index in [0.717, 1.165) is 11.1 Å². The zero-order valence-corrected chi connectivity index (χ0v) is 17.5. The summed E-state index contributed by atoms with van der Waals surface area (Å²) in [4.78, 5) is 38.7. The van der Waals surface area contributed by atoms with Crippen molar-refractivity contribution in [2.24, 2.45) is 5.92 Å². The lowest BCUT2D eigenvalue weighted by atomic mass is 9.92. The van der Waals surface area contributed by atoms with Crippen LogP contribution < -0.4 is 5.32 Å². The fourth-order valence-electron chi connectivity index (χ4n) is 3.55. The fraction of sp³-hybridized carbons (Fsp3) is 0.318. The second kappa shape index (κ2) is 9.42. The van der Waals surface area contributed by atoms with Crippen LogP contribution in [-0.2, 0) is 20.8 Å². The molecule has 7 heteroatoms. The molecule has 1 N–H and O–H groups in total. The van der Waals surface area contributed by atoms with Crippen LogP contribution in [0.2, 0.25) is 10.0 Å². The van der Waals surface area contributed by atoms with E-state index in [9.17, 15) is 14.4 Å². The van der Waals surface area contributed by atoms with Crippen molar-refractivity contribution in [3.8, 4) is 0 Å². The highest BCUT2D eigenvalue weighted by Gasteiger charge is 2.40. The average molecular weight is 433 g/mol. The Bertz CT molecular complexity index is 897. The van der Waals surface area contributed by atoms with Gasteiger partial charge in [0, 0.05) is 23.0 Å². The van der Waals surface area contributed by atoms with Gasteiger partial charge in [-0.3, -0.25) is 14.4 Å². The standard InChI is InChI=1S/C22H22Cl2N2O3/c1-14(27)13-26(11-10-15-2-6-17(23)7-3-15)22(29)19-12-20(28)25-21(19)16-4-8-18(24)9-5-16/h2-9,19,21H,10-13H2,1H3,(H,25,28)/t19-,21?/m0/s1. The molecule has 0 bridgehead atoms. The summed E-state index contributed by atoms with van der Waals surface area (Å²) in [5.41, 5.74) is 1.84. The number of carbonyl (C=O) groups excluding carboxylic acids is 3. The minimum atomic E-state index is -0.562. The number of amides is 2. The van der Waals surface area contributed by atoms with E-state index in [0.29, 0.717) is 23.0 Å². The van der Waals surface area contributed by atoms with Crippen LogP contribution in [0.1, 0.15) is 30.5 Å². The summed E-state index contributed by atoms with van der Waals surface area (Å²) in [6.45, 7) is 1.86. The quantitative estimate of drug-likeness (QED) is 0.722. The summed E-state index contributed by atoms with van der Waals surface area (Å²) in [6.07, 6.45) is 0.692. The van der Waals surface area contributed by atoms with Crippen molar-refractivity contribution in [2.45, 2.75) is 25.8 Å². The highest BCUT2D eigenvalue weighted by molar-refractivity contribution is 6.30. The number of nitrogens with one attached hydrogen (secondary N) is 1. The third-order valence-electron chi connectivity index (χ3n) is 4.98. The van der Waals surface area contributed by atoms with E-state index in [1.54, 1.807) is 29.2 Å². The number of rotatable bonds is 7. The van der Waals surface area contributed by atoms with E-state index in [1.165, 1.54) is 6.92 Å². The first kappa shape index (κ1) is 21.3. The van der Waals surface area contributed by atoms with Crippen molar-refractivity contribution in [1.82, 2.24) is 10.2 Å². The second-order valence-corrected chi connectivity index (χ2v) is 8.12. The molecular weight excluding hydrogens is 411 g/mol. The van der Waals surface area contributed by atoms with E-state index < -0.39 is 12.0 Å². The van der Waals surface area contributed by atoms with Crippen molar-refractivity contribution in [2.75, 3.05) is 13.1 Å². The molecule has 0 aliphatic carbocycles. The molecular formula is C22H22Cl2N2O3. The first-order valence-electron chi connectivity index (χ1n) is 9.41. The molecule has 1 aliphatic rings. The Hall–Kier alpha value is -2.37. The molecule has 1 heterocycles. The molecule has 2 aromatic carbocycles. The Kier molecular flexibility index (Phi) is 6.93. The van der Waals surface area contributed by atoms with Crippen LogP contribution in [0.25, 0.3) is 0 Å². The minimum Gasteiger partial charge on any atom is -0.348 e. The van der Waals surface area contributed by atoms with Crippen LogP contribution in [0.15, 0.2) is 48.5 Å². The Morgan fingerprint density at radius 2 is 1.62 bits per heavy atom. The SMILES string of the molecule is CC(=O)CN(CCc1ccc(Cl)cc1)C(=O)[C@H]1CC(=O)NC1c1ccc(Cl)cc1. The van der Waals surface area contributed by atoms with Crippen LogP contribution in [0.3, 0.4) is 0 Å². The number of carbonyl (C=O) groups is 3. The van der Waals surface area contributed by atoms with E-state index in [4.69, 9.17) is 23.2 Å². The fourth-order valence-corrected chi connectivity index (χ4v) is 3.80. The molecule has 0 radical (unpaired) electrons. The number of hydrogen-bond acceptors (Lipinski definition) is 3. The normalized spacial score (nSPS) is 18.4. The monoisotopic (exact) mass is 432 g/mol. The maximum atomic E-state index is 13.3. The van der Waals surface area contributed by atoms with Gasteiger partial charge in [-0.2, -0.15) is 0 Å². The number of halogens is 2. The molecule has 0 saturated carbocycles. The van der Waals surface area contributed by atoms with E-state index >= 15 is 0 Å². The van der Waals surface area contributed by atoms with Gasteiger partial charge < -0.3 is 10.2 Å².